The molecule has 0 atom stereocenters. The molecular formula is C60H35N3. The molecule has 0 unspecified atom stereocenters. The lowest BCUT2D eigenvalue weighted by Gasteiger charge is -2.16. The summed E-state index contributed by atoms with van der Waals surface area (Å²) in [4.78, 5) is 4.69. The fraction of sp³-hybridized carbons (Fsp3) is 0. The molecule has 290 valence electrons. The molecule has 0 aliphatic heterocycles. The lowest BCUT2D eigenvalue weighted by molar-refractivity contribution is 1.18. The van der Waals surface area contributed by atoms with Gasteiger partial charge in [0, 0.05) is 33.6 Å². The van der Waals surface area contributed by atoms with Gasteiger partial charge in [-0.05, 0) is 155 Å². The third kappa shape index (κ3) is 5.49. The highest BCUT2D eigenvalue weighted by molar-refractivity contribution is 6.25. The van der Waals surface area contributed by atoms with Crippen LogP contribution in [0.1, 0.15) is 5.56 Å². The Balaban J connectivity index is 0.894. The van der Waals surface area contributed by atoms with Gasteiger partial charge < -0.3 is 4.57 Å². The third-order valence-electron chi connectivity index (χ3n) is 13.2. The van der Waals surface area contributed by atoms with E-state index in [9.17, 15) is 5.26 Å². The quantitative estimate of drug-likeness (QED) is 0.163. The van der Waals surface area contributed by atoms with Crippen LogP contribution in [0.4, 0.5) is 0 Å². The van der Waals surface area contributed by atoms with Crippen LogP contribution in [0.2, 0.25) is 0 Å². The number of fused-ring (bicyclic) bond motifs is 5. The summed E-state index contributed by atoms with van der Waals surface area (Å²) in [5, 5.41) is 23.2. The van der Waals surface area contributed by atoms with Gasteiger partial charge in [0.05, 0.1) is 28.2 Å². The number of nitriles is 1. The smallest absolute Gasteiger partial charge is 0.0991 e. The predicted molar refractivity (Wildman–Crippen MR) is 264 cm³/mol. The van der Waals surface area contributed by atoms with Crippen molar-refractivity contribution in [3.8, 4) is 56.3 Å². The van der Waals surface area contributed by atoms with Crippen LogP contribution in [-0.2, 0) is 0 Å². The molecule has 0 bridgehead atoms. The largest absolute Gasteiger partial charge is 0.309 e. The summed E-state index contributed by atoms with van der Waals surface area (Å²) in [6, 6.07) is 77.0. The molecule has 0 N–H and O–H groups in total. The Morgan fingerprint density at radius 2 is 0.937 bits per heavy atom. The Bertz CT molecular complexity index is 3950. The van der Waals surface area contributed by atoms with Crippen LogP contribution in [0.25, 0.3) is 126 Å². The molecule has 13 rings (SSSR count). The summed E-state index contributed by atoms with van der Waals surface area (Å²) in [5.41, 5.74) is 14.5. The van der Waals surface area contributed by atoms with Gasteiger partial charge in [0.2, 0.25) is 0 Å². The number of aromatic nitrogens is 2. The first-order valence-electron chi connectivity index (χ1n) is 21.4. The minimum atomic E-state index is 0.658. The van der Waals surface area contributed by atoms with E-state index in [0.717, 1.165) is 49.5 Å². The highest BCUT2D eigenvalue weighted by Gasteiger charge is 2.18. The van der Waals surface area contributed by atoms with Crippen molar-refractivity contribution in [2.24, 2.45) is 0 Å². The Morgan fingerprint density at radius 3 is 1.62 bits per heavy atom. The first-order chi connectivity index (χ1) is 31.2. The maximum absolute atomic E-state index is 9.85. The summed E-state index contributed by atoms with van der Waals surface area (Å²) in [6.07, 6.45) is 1.87. The number of para-hydroxylation sites is 2. The van der Waals surface area contributed by atoms with E-state index in [1.165, 1.54) is 76.5 Å². The maximum atomic E-state index is 9.85. The van der Waals surface area contributed by atoms with Crippen molar-refractivity contribution in [1.29, 1.82) is 5.26 Å². The fourth-order valence-electron chi connectivity index (χ4n) is 10.3. The van der Waals surface area contributed by atoms with Crippen molar-refractivity contribution in [2.45, 2.75) is 0 Å². The van der Waals surface area contributed by atoms with Gasteiger partial charge in [-0.25, -0.2) is 0 Å². The topological polar surface area (TPSA) is 41.6 Å². The maximum Gasteiger partial charge on any atom is 0.0991 e. The molecular weight excluding hydrogens is 763 g/mol. The second kappa shape index (κ2) is 13.7. The van der Waals surface area contributed by atoms with Crippen molar-refractivity contribution < 1.29 is 0 Å². The molecule has 3 heteroatoms. The second-order valence-corrected chi connectivity index (χ2v) is 16.6. The van der Waals surface area contributed by atoms with Gasteiger partial charge in [-0.15, -0.1) is 0 Å². The van der Waals surface area contributed by atoms with Crippen molar-refractivity contribution in [1.82, 2.24) is 9.55 Å². The Labute approximate surface area is 363 Å². The minimum Gasteiger partial charge on any atom is -0.309 e. The lowest BCUT2D eigenvalue weighted by atomic mass is 9.87. The van der Waals surface area contributed by atoms with E-state index in [1.54, 1.807) is 0 Å². The number of hydrogen-bond donors (Lipinski definition) is 0. The standard InChI is InChI=1S/C60H35N3/c61-36-37-15-27-56-54(30-37)55-35-41(24-28-57(55)63(56)48-10-2-1-3-11-48)49-25-26-50(53-13-5-4-12-52(49)53)47-33-44-22-20-42-31-46(32-43-21-23-45(34-47)59(44)58(42)43)38-16-18-39(19-17-38)51-14-6-8-40-9-7-29-62-60(40)51/h1-35H. The molecule has 63 heavy (non-hydrogen) atoms. The van der Waals surface area contributed by atoms with Crippen molar-refractivity contribution in [2.75, 3.05) is 0 Å². The summed E-state index contributed by atoms with van der Waals surface area (Å²) in [7, 11) is 0. The van der Waals surface area contributed by atoms with E-state index in [-0.39, 0.29) is 0 Å². The molecule has 13 aromatic rings. The molecule has 0 amide bonds. The number of rotatable bonds is 5. The molecule has 0 radical (unpaired) electrons. The molecule has 0 fully saturated rings. The lowest BCUT2D eigenvalue weighted by Crippen LogP contribution is -1.93. The average Bonchev–Trinajstić information content (AvgIpc) is 3.68. The van der Waals surface area contributed by atoms with Crippen LogP contribution in [-0.4, -0.2) is 9.55 Å². The second-order valence-electron chi connectivity index (χ2n) is 16.6. The summed E-state index contributed by atoms with van der Waals surface area (Å²) < 4.78 is 2.30. The highest BCUT2D eigenvalue weighted by atomic mass is 15.0. The molecule has 0 saturated heterocycles. The fourth-order valence-corrected chi connectivity index (χ4v) is 10.3. The average molecular weight is 798 g/mol. The van der Waals surface area contributed by atoms with Crippen LogP contribution in [0.5, 0.6) is 0 Å². The van der Waals surface area contributed by atoms with Gasteiger partial charge in [-0.1, -0.05) is 133 Å². The zero-order chi connectivity index (χ0) is 41.6. The number of hydrogen-bond acceptors (Lipinski definition) is 2. The Hall–Kier alpha value is -8.58. The first kappa shape index (κ1) is 35.2. The van der Waals surface area contributed by atoms with Crippen molar-refractivity contribution >= 4 is 75.8 Å². The van der Waals surface area contributed by atoms with Crippen LogP contribution in [0, 0.1) is 11.3 Å². The van der Waals surface area contributed by atoms with Crippen LogP contribution in [0.15, 0.2) is 212 Å². The third-order valence-corrected chi connectivity index (χ3v) is 13.2. The first-order valence-corrected chi connectivity index (χ1v) is 21.4. The molecule has 11 aromatic carbocycles. The molecule has 3 nitrogen and oxygen atoms in total. The summed E-state index contributed by atoms with van der Waals surface area (Å²) in [6.45, 7) is 0. The number of benzene rings is 11. The highest BCUT2D eigenvalue weighted by Crippen LogP contribution is 2.43. The van der Waals surface area contributed by atoms with E-state index < -0.39 is 0 Å². The number of nitrogens with zero attached hydrogens (tertiary/aromatic N) is 3. The van der Waals surface area contributed by atoms with Crippen LogP contribution in [0.3, 0.4) is 0 Å². The van der Waals surface area contributed by atoms with Gasteiger partial charge in [-0.3, -0.25) is 4.98 Å². The van der Waals surface area contributed by atoms with Gasteiger partial charge in [0.1, 0.15) is 0 Å². The molecule has 2 aromatic heterocycles. The van der Waals surface area contributed by atoms with Gasteiger partial charge in [0.15, 0.2) is 0 Å². The van der Waals surface area contributed by atoms with Crippen LogP contribution >= 0.6 is 0 Å². The summed E-state index contributed by atoms with van der Waals surface area (Å²) in [5.74, 6) is 0. The van der Waals surface area contributed by atoms with Crippen molar-refractivity contribution in [3.63, 3.8) is 0 Å². The van der Waals surface area contributed by atoms with Gasteiger partial charge in [0.25, 0.3) is 0 Å². The SMILES string of the molecule is N#Cc1ccc2c(c1)c1cc(-c3ccc(-c4cc5ccc6cc(-c7ccc(-c8cccc9cccnc89)cc7)cc7ccc(c4)c5c67)c4ccccc34)ccc1n2-c1ccccc1. The monoisotopic (exact) mass is 797 g/mol. The van der Waals surface area contributed by atoms with E-state index in [0.29, 0.717) is 5.56 Å². The Morgan fingerprint density at radius 1 is 0.365 bits per heavy atom. The van der Waals surface area contributed by atoms with E-state index in [1.807, 2.05) is 30.5 Å². The zero-order valence-corrected chi connectivity index (χ0v) is 34.0. The molecule has 0 spiro atoms. The predicted octanol–water partition coefficient (Wildman–Crippen LogP) is 15.9. The van der Waals surface area contributed by atoms with Gasteiger partial charge in [-0.2, -0.15) is 5.26 Å². The normalized spacial score (nSPS) is 11.8. The van der Waals surface area contributed by atoms with Crippen molar-refractivity contribution in [3.05, 3.63) is 218 Å². The minimum absolute atomic E-state index is 0.658. The van der Waals surface area contributed by atoms with E-state index in [2.05, 4.69) is 198 Å². The van der Waals surface area contributed by atoms with Gasteiger partial charge >= 0.3 is 0 Å². The molecule has 0 aliphatic carbocycles. The Kier molecular flexibility index (Phi) is 7.67. The summed E-state index contributed by atoms with van der Waals surface area (Å²) >= 11 is 0. The van der Waals surface area contributed by atoms with E-state index in [4.69, 9.17) is 0 Å². The number of pyridine rings is 1. The zero-order valence-electron chi connectivity index (χ0n) is 34.0. The molecule has 0 saturated carbocycles. The van der Waals surface area contributed by atoms with E-state index >= 15 is 0 Å². The van der Waals surface area contributed by atoms with Crippen LogP contribution < -0.4 is 0 Å². The molecule has 2 heterocycles. The molecule has 0 aliphatic rings.